The highest BCUT2D eigenvalue weighted by molar-refractivity contribution is 8.18. The zero-order valence-corrected chi connectivity index (χ0v) is 19.9. The average Bonchev–Trinajstić information content (AvgIpc) is 3.20. The van der Waals surface area contributed by atoms with Crippen LogP contribution in [0.1, 0.15) is 43.4 Å². The van der Waals surface area contributed by atoms with Crippen LogP contribution in [0.25, 0.3) is 17.0 Å². The van der Waals surface area contributed by atoms with Crippen molar-refractivity contribution in [3.63, 3.8) is 0 Å². The molecule has 0 bridgehead atoms. The standard InChI is InChI=1S/C16H20N2.C9H8N4O2S/c1-2-9-15(10-3-1)18-12-14-7-4-6-13-8-5-11-17-16(13)14;1-10-8-11-3-2-5(12-8)4-6-7(14)13-9(15)16-6/h4-8,11,15,18H,1-3,9-10,12H2;2-4H,1H3,(H,10,11,12)(H,13,14,15)/b;6-4-. The Labute approximate surface area is 203 Å². The van der Waals surface area contributed by atoms with Gasteiger partial charge in [-0.3, -0.25) is 19.9 Å². The third-order valence-corrected chi connectivity index (χ3v) is 6.53. The van der Waals surface area contributed by atoms with Gasteiger partial charge in [-0.25, -0.2) is 9.97 Å². The number of benzene rings is 1. The third-order valence-electron chi connectivity index (χ3n) is 5.72. The van der Waals surface area contributed by atoms with Crippen LogP contribution in [0.2, 0.25) is 0 Å². The fraction of sp³-hybridized carbons (Fsp3) is 0.320. The van der Waals surface area contributed by atoms with Gasteiger partial charge in [-0.2, -0.15) is 0 Å². The number of pyridine rings is 1. The Kier molecular flexibility index (Phi) is 8.21. The van der Waals surface area contributed by atoms with Gasteiger partial charge in [0.1, 0.15) is 0 Å². The van der Waals surface area contributed by atoms with Crippen molar-refractivity contribution in [2.45, 2.75) is 44.7 Å². The molecule has 1 saturated heterocycles. The quantitative estimate of drug-likeness (QED) is 0.462. The van der Waals surface area contributed by atoms with Crippen LogP contribution in [0.3, 0.4) is 0 Å². The lowest BCUT2D eigenvalue weighted by Crippen LogP contribution is -2.30. The second-order valence-corrected chi connectivity index (χ2v) is 9.13. The van der Waals surface area contributed by atoms with E-state index in [9.17, 15) is 9.59 Å². The van der Waals surface area contributed by atoms with Crippen molar-refractivity contribution in [2.24, 2.45) is 0 Å². The van der Waals surface area contributed by atoms with E-state index >= 15 is 0 Å². The molecule has 0 radical (unpaired) electrons. The van der Waals surface area contributed by atoms with E-state index in [-0.39, 0.29) is 11.1 Å². The molecule has 2 amide bonds. The molecule has 0 atom stereocenters. The Morgan fingerprint density at radius 1 is 1.06 bits per heavy atom. The van der Waals surface area contributed by atoms with Crippen LogP contribution in [-0.4, -0.2) is 39.2 Å². The van der Waals surface area contributed by atoms with Crippen molar-refractivity contribution in [2.75, 3.05) is 12.4 Å². The zero-order chi connectivity index (χ0) is 23.8. The lowest BCUT2D eigenvalue weighted by molar-refractivity contribution is -0.115. The second kappa shape index (κ2) is 11.7. The lowest BCUT2D eigenvalue weighted by atomic mass is 9.95. The summed E-state index contributed by atoms with van der Waals surface area (Å²) in [4.78, 5) is 35.1. The fourth-order valence-electron chi connectivity index (χ4n) is 4.00. The number of nitrogens with one attached hydrogen (secondary N) is 3. The molecular formula is C25H28N6O2S. The molecule has 3 heterocycles. The summed E-state index contributed by atoms with van der Waals surface area (Å²) >= 11 is 0.863. The van der Waals surface area contributed by atoms with Gasteiger partial charge in [-0.15, -0.1) is 0 Å². The first-order valence-electron chi connectivity index (χ1n) is 11.4. The summed E-state index contributed by atoms with van der Waals surface area (Å²) in [5.74, 6) is 0.0729. The van der Waals surface area contributed by atoms with E-state index in [1.54, 1.807) is 25.4 Å². The molecular weight excluding hydrogens is 448 g/mol. The average molecular weight is 477 g/mol. The maximum absolute atomic E-state index is 11.3. The van der Waals surface area contributed by atoms with Gasteiger partial charge in [-0.1, -0.05) is 43.5 Å². The number of hydrogen-bond acceptors (Lipinski definition) is 8. The molecule has 1 saturated carbocycles. The number of imide groups is 1. The van der Waals surface area contributed by atoms with Crippen LogP contribution in [0.4, 0.5) is 10.7 Å². The van der Waals surface area contributed by atoms with E-state index in [4.69, 9.17) is 0 Å². The molecule has 3 N–H and O–H groups in total. The summed E-state index contributed by atoms with van der Waals surface area (Å²) in [6.45, 7) is 0.943. The van der Waals surface area contributed by atoms with Crippen molar-refractivity contribution >= 4 is 45.8 Å². The highest BCUT2D eigenvalue weighted by Gasteiger charge is 2.25. The highest BCUT2D eigenvalue weighted by Crippen LogP contribution is 2.25. The number of aromatic nitrogens is 3. The van der Waals surface area contributed by atoms with Crippen molar-refractivity contribution in [3.05, 3.63) is 65.0 Å². The van der Waals surface area contributed by atoms with Crippen molar-refractivity contribution < 1.29 is 9.59 Å². The van der Waals surface area contributed by atoms with Gasteiger partial charge in [0.2, 0.25) is 5.95 Å². The number of rotatable bonds is 5. The number of para-hydroxylation sites is 1. The molecule has 1 aliphatic carbocycles. The minimum atomic E-state index is -0.389. The summed E-state index contributed by atoms with van der Waals surface area (Å²) in [7, 11) is 1.70. The molecule has 8 nitrogen and oxygen atoms in total. The summed E-state index contributed by atoms with van der Waals surface area (Å²) < 4.78 is 0. The van der Waals surface area contributed by atoms with Gasteiger partial charge in [0, 0.05) is 37.4 Å². The Hall–Kier alpha value is -3.30. The number of amides is 2. The molecule has 9 heteroatoms. The third kappa shape index (κ3) is 6.39. The molecule has 0 unspecified atom stereocenters. The van der Waals surface area contributed by atoms with Crippen molar-refractivity contribution in [1.82, 2.24) is 25.6 Å². The maximum atomic E-state index is 11.3. The van der Waals surface area contributed by atoms with Crippen LogP contribution in [0.15, 0.2) is 53.7 Å². The van der Waals surface area contributed by atoms with Crippen LogP contribution in [0.5, 0.6) is 0 Å². The molecule has 0 spiro atoms. The van der Waals surface area contributed by atoms with Gasteiger partial charge in [-0.05, 0) is 48.4 Å². The smallest absolute Gasteiger partial charge is 0.290 e. The predicted octanol–water partition coefficient (Wildman–Crippen LogP) is 4.50. The van der Waals surface area contributed by atoms with Crippen LogP contribution >= 0.6 is 11.8 Å². The van der Waals surface area contributed by atoms with E-state index < -0.39 is 0 Å². The van der Waals surface area contributed by atoms with E-state index in [0.29, 0.717) is 22.6 Å². The molecule has 1 aromatic carbocycles. The highest BCUT2D eigenvalue weighted by atomic mass is 32.2. The molecule has 2 aliphatic rings. The van der Waals surface area contributed by atoms with Crippen LogP contribution < -0.4 is 16.0 Å². The van der Waals surface area contributed by atoms with E-state index in [1.807, 2.05) is 12.3 Å². The van der Waals surface area contributed by atoms with Gasteiger partial charge in [0.15, 0.2) is 0 Å². The molecule has 2 aromatic heterocycles. The second-order valence-electron chi connectivity index (χ2n) is 8.12. The van der Waals surface area contributed by atoms with Crippen molar-refractivity contribution in [3.8, 4) is 0 Å². The number of fused-ring (bicyclic) bond motifs is 1. The summed E-state index contributed by atoms with van der Waals surface area (Å²) in [5.41, 5.74) is 3.04. The topological polar surface area (TPSA) is 109 Å². The minimum absolute atomic E-state index is 0.339. The number of nitrogens with zero attached hydrogens (tertiary/aromatic N) is 3. The van der Waals surface area contributed by atoms with Gasteiger partial charge < -0.3 is 10.6 Å². The van der Waals surface area contributed by atoms with Gasteiger partial charge >= 0.3 is 0 Å². The Morgan fingerprint density at radius 2 is 1.88 bits per heavy atom. The van der Waals surface area contributed by atoms with E-state index in [0.717, 1.165) is 23.8 Å². The monoisotopic (exact) mass is 476 g/mol. The Bertz CT molecular complexity index is 1190. The first-order chi connectivity index (χ1) is 16.6. The van der Waals surface area contributed by atoms with Gasteiger partial charge in [0.25, 0.3) is 11.1 Å². The zero-order valence-electron chi connectivity index (χ0n) is 19.1. The summed E-state index contributed by atoms with van der Waals surface area (Å²) in [6, 6.07) is 12.9. The van der Waals surface area contributed by atoms with Crippen LogP contribution in [0, 0.1) is 0 Å². The first-order valence-corrected chi connectivity index (χ1v) is 12.3. The van der Waals surface area contributed by atoms with E-state index in [1.165, 1.54) is 43.1 Å². The lowest BCUT2D eigenvalue weighted by Gasteiger charge is -2.23. The molecule has 2 fully saturated rings. The largest absolute Gasteiger partial charge is 0.357 e. The molecule has 3 aromatic rings. The minimum Gasteiger partial charge on any atom is -0.357 e. The number of carbonyl (C=O) groups is 2. The number of thioether (sulfide) groups is 1. The molecule has 1 aliphatic heterocycles. The summed E-state index contributed by atoms with van der Waals surface area (Å²) in [5, 5.41) is 9.52. The number of anilines is 1. The molecule has 34 heavy (non-hydrogen) atoms. The van der Waals surface area contributed by atoms with Crippen molar-refractivity contribution in [1.29, 1.82) is 0 Å². The van der Waals surface area contributed by atoms with E-state index in [2.05, 4.69) is 55.2 Å². The molecule has 176 valence electrons. The number of hydrogen-bond donors (Lipinski definition) is 3. The normalized spacial score (nSPS) is 17.4. The molecule has 5 rings (SSSR count). The number of carbonyl (C=O) groups excluding carboxylic acids is 2. The Morgan fingerprint density at radius 3 is 2.65 bits per heavy atom. The van der Waals surface area contributed by atoms with Crippen LogP contribution in [-0.2, 0) is 11.3 Å². The first kappa shape index (κ1) is 23.8. The SMILES string of the molecule is CNc1nccc(/C=C2\SC(=O)NC2=O)n1.c1cnc2c(CNC3CCCCC3)cccc2c1. The fourth-order valence-corrected chi connectivity index (χ4v) is 4.67. The summed E-state index contributed by atoms with van der Waals surface area (Å²) in [6.07, 6.45) is 11.8. The predicted molar refractivity (Wildman–Crippen MR) is 136 cm³/mol. The van der Waals surface area contributed by atoms with Gasteiger partial charge in [0.05, 0.1) is 16.1 Å². The Balaban J connectivity index is 0.000000162. The maximum Gasteiger partial charge on any atom is 0.290 e.